The Hall–Kier alpha value is -0.790. The molecule has 0 aromatic carbocycles. The molecule has 0 N–H and O–H groups in total. The van der Waals surface area contributed by atoms with Crippen molar-refractivity contribution in [3.8, 4) is 11.8 Å². The van der Waals surface area contributed by atoms with Crippen molar-refractivity contribution in [1.29, 1.82) is 0 Å². The minimum Gasteiger partial charge on any atom is -0.465 e. The van der Waals surface area contributed by atoms with Gasteiger partial charge in [0.05, 0.1) is 12.0 Å². The fraction of sp³-hybridized carbons (Fsp3) is 0.364. The van der Waals surface area contributed by atoms with Crippen LogP contribution in [-0.4, -0.2) is 13.1 Å². The normalized spacial score (nSPS) is 8.07. The van der Waals surface area contributed by atoms with Crippen molar-refractivity contribution < 1.29 is 9.53 Å². The molecular weight excluding hydrogens is 276 g/mol. The first-order valence-corrected chi connectivity index (χ1v) is 6.10. The highest BCUT2D eigenvalue weighted by Crippen LogP contribution is 2.27. The lowest BCUT2D eigenvalue weighted by molar-refractivity contribution is 0.0605. The van der Waals surface area contributed by atoms with Gasteiger partial charge in [-0.15, -0.1) is 17.3 Å². The van der Waals surface area contributed by atoms with Gasteiger partial charge in [0.25, 0.3) is 0 Å². The topological polar surface area (TPSA) is 26.3 Å². The van der Waals surface area contributed by atoms with Crippen molar-refractivity contribution in [3.05, 3.63) is 20.3 Å². The fourth-order valence-corrected chi connectivity index (χ4v) is 2.44. The summed E-state index contributed by atoms with van der Waals surface area (Å²) in [5.74, 6) is 5.32. The number of carbonyl (C=O) groups is 1. The number of carbonyl (C=O) groups excluding carboxylic acids is 1. The van der Waals surface area contributed by atoms with Crippen LogP contribution >= 0.6 is 27.3 Å². The summed E-state index contributed by atoms with van der Waals surface area (Å²) >= 11 is 4.59. The number of halogens is 1. The van der Waals surface area contributed by atoms with E-state index >= 15 is 0 Å². The summed E-state index contributed by atoms with van der Waals surface area (Å²) in [7, 11) is 1.36. The maximum Gasteiger partial charge on any atom is 0.349 e. The van der Waals surface area contributed by atoms with Gasteiger partial charge in [-0.25, -0.2) is 4.79 Å². The molecule has 82 valence electrons. The van der Waals surface area contributed by atoms with Crippen molar-refractivity contribution in [2.75, 3.05) is 7.11 Å². The highest BCUT2D eigenvalue weighted by molar-refractivity contribution is 9.10. The van der Waals surface area contributed by atoms with Crippen molar-refractivity contribution in [2.24, 2.45) is 0 Å². The maximum absolute atomic E-state index is 11.2. The van der Waals surface area contributed by atoms with E-state index < -0.39 is 0 Å². The minimum absolute atomic E-state index is 0.332. The molecule has 0 aliphatic carbocycles. The second-order valence-corrected chi connectivity index (χ2v) is 4.06. The van der Waals surface area contributed by atoms with Crippen LogP contribution in [0.5, 0.6) is 0 Å². The van der Waals surface area contributed by atoms with E-state index in [9.17, 15) is 4.79 Å². The third kappa shape index (κ3) is 4.06. The standard InChI is InChI=1S/C9H7BrO2S.C2H6/c1-3-4-6-5-7(10)8(13-6)9(11)12-2;1-2/h5H,1-2H3;1-2H3. The van der Waals surface area contributed by atoms with Gasteiger partial charge in [-0.3, -0.25) is 0 Å². The molecular formula is C11H13BrO2S. The van der Waals surface area contributed by atoms with Crippen LogP contribution in [0.4, 0.5) is 0 Å². The Morgan fingerprint density at radius 1 is 1.53 bits per heavy atom. The summed E-state index contributed by atoms with van der Waals surface area (Å²) < 4.78 is 5.34. The smallest absolute Gasteiger partial charge is 0.349 e. The summed E-state index contributed by atoms with van der Waals surface area (Å²) in [5, 5.41) is 0. The Bertz CT molecular complexity index is 385. The summed E-state index contributed by atoms with van der Waals surface area (Å²) in [5.41, 5.74) is 0. The SMILES string of the molecule is CC.CC#Cc1cc(Br)c(C(=O)OC)s1. The minimum atomic E-state index is -0.332. The summed E-state index contributed by atoms with van der Waals surface area (Å²) in [6, 6.07) is 1.81. The van der Waals surface area contributed by atoms with Crippen molar-refractivity contribution in [2.45, 2.75) is 20.8 Å². The Morgan fingerprint density at radius 3 is 2.60 bits per heavy atom. The van der Waals surface area contributed by atoms with Gasteiger partial charge < -0.3 is 4.74 Å². The average Bonchev–Trinajstić information content (AvgIpc) is 2.62. The predicted octanol–water partition coefficient (Wildman–Crippen LogP) is 3.69. The average molecular weight is 289 g/mol. The molecule has 0 bridgehead atoms. The second kappa shape index (κ2) is 7.49. The first-order chi connectivity index (χ1) is 7.19. The Kier molecular flexibility index (Phi) is 7.10. The Balaban J connectivity index is 0.000000921. The van der Waals surface area contributed by atoms with E-state index in [4.69, 9.17) is 0 Å². The summed E-state index contributed by atoms with van der Waals surface area (Å²) in [4.78, 5) is 12.6. The fourth-order valence-electron chi connectivity index (χ4n) is 0.785. The van der Waals surface area contributed by atoms with Gasteiger partial charge in [0.15, 0.2) is 0 Å². The van der Waals surface area contributed by atoms with Crippen LogP contribution in [0.25, 0.3) is 0 Å². The molecule has 1 aromatic rings. The van der Waals surface area contributed by atoms with Gasteiger partial charge in [0.1, 0.15) is 4.88 Å². The summed E-state index contributed by atoms with van der Waals surface area (Å²) in [6.45, 7) is 5.76. The number of hydrogen-bond acceptors (Lipinski definition) is 3. The molecule has 0 aliphatic heterocycles. The number of rotatable bonds is 1. The predicted molar refractivity (Wildman–Crippen MR) is 67.3 cm³/mol. The van der Waals surface area contributed by atoms with Gasteiger partial charge >= 0.3 is 5.97 Å². The zero-order valence-corrected chi connectivity index (χ0v) is 11.6. The molecule has 4 heteroatoms. The van der Waals surface area contributed by atoms with Gasteiger partial charge in [0, 0.05) is 4.47 Å². The van der Waals surface area contributed by atoms with E-state index in [1.54, 1.807) is 6.92 Å². The quantitative estimate of drug-likeness (QED) is 0.582. The van der Waals surface area contributed by atoms with Crippen LogP contribution in [0.15, 0.2) is 10.5 Å². The Labute approximate surface area is 103 Å². The monoisotopic (exact) mass is 288 g/mol. The van der Waals surface area contributed by atoms with Crippen molar-refractivity contribution in [3.63, 3.8) is 0 Å². The number of ether oxygens (including phenoxy) is 1. The molecule has 0 saturated carbocycles. The maximum atomic E-state index is 11.2. The van der Waals surface area contributed by atoms with Gasteiger partial charge in [-0.1, -0.05) is 19.8 Å². The molecule has 0 atom stereocenters. The van der Waals surface area contributed by atoms with E-state index in [1.807, 2.05) is 19.9 Å². The lowest BCUT2D eigenvalue weighted by Gasteiger charge is -1.93. The highest BCUT2D eigenvalue weighted by atomic mass is 79.9. The molecule has 15 heavy (non-hydrogen) atoms. The number of methoxy groups -OCH3 is 1. The third-order valence-electron chi connectivity index (χ3n) is 1.31. The molecule has 0 saturated heterocycles. The van der Waals surface area contributed by atoms with E-state index in [2.05, 4.69) is 32.5 Å². The van der Waals surface area contributed by atoms with Gasteiger partial charge in [-0.2, -0.15) is 0 Å². The number of esters is 1. The molecule has 2 nitrogen and oxygen atoms in total. The lowest BCUT2D eigenvalue weighted by atomic mass is 10.4. The molecule has 0 fully saturated rings. The van der Waals surface area contributed by atoms with E-state index in [1.165, 1.54) is 18.4 Å². The molecule has 1 rings (SSSR count). The zero-order valence-electron chi connectivity index (χ0n) is 9.18. The van der Waals surface area contributed by atoms with Crippen LogP contribution < -0.4 is 0 Å². The molecule has 0 unspecified atom stereocenters. The molecule has 0 spiro atoms. The molecule has 0 aliphatic rings. The number of thiophene rings is 1. The van der Waals surface area contributed by atoms with Crippen LogP contribution in [0.1, 0.15) is 35.3 Å². The first-order valence-electron chi connectivity index (χ1n) is 4.49. The molecule has 0 radical (unpaired) electrons. The first kappa shape index (κ1) is 14.2. The molecule has 1 heterocycles. The largest absolute Gasteiger partial charge is 0.465 e. The highest BCUT2D eigenvalue weighted by Gasteiger charge is 2.13. The van der Waals surface area contributed by atoms with E-state index in [0.29, 0.717) is 4.88 Å². The Morgan fingerprint density at radius 2 is 2.13 bits per heavy atom. The molecule has 1 aromatic heterocycles. The van der Waals surface area contributed by atoms with Crippen LogP contribution in [0.3, 0.4) is 0 Å². The van der Waals surface area contributed by atoms with Crippen LogP contribution in [-0.2, 0) is 4.74 Å². The van der Waals surface area contributed by atoms with Crippen LogP contribution in [0, 0.1) is 11.8 Å². The second-order valence-electron chi connectivity index (χ2n) is 2.15. The lowest BCUT2D eigenvalue weighted by Crippen LogP contribution is -1.97. The number of hydrogen-bond donors (Lipinski definition) is 0. The van der Waals surface area contributed by atoms with E-state index in [-0.39, 0.29) is 5.97 Å². The van der Waals surface area contributed by atoms with Crippen LogP contribution in [0.2, 0.25) is 0 Å². The summed E-state index contributed by atoms with van der Waals surface area (Å²) in [6.07, 6.45) is 0. The van der Waals surface area contributed by atoms with Crippen molar-refractivity contribution in [1.82, 2.24) is 0 Å². The van der Waals surface area contributed by atoms with Gasteiger partial charge in [-0.05, 0) is 28.9 Å². The van der Waals surface area contributed by atoms with Crippen molar-refractivity contribution >= 4 is 33.2 Å². The zero-order chi connectivity index (χ0) is 11.8. The van der Waals surface area contributed by atoms with Gasteiger partial charge in [0.2, 0.25) is 0 Å². The molecule has 0 amide bonds. The third-order valence-corrected chi connectivity index (χ3v) is 3.22. The van der Waals surface area contributed by atoms with E-state index in [0.717, 1.165) is 9.35 Å².